The Bertz CT molecular complexity index is 418. The minimum Gasteiger partial charge on any atom is -0.341 e. The summed E-state index contributed by atoms with van der Waals surface area (Å²) in [6.07, 6.45) is 2.41. The molecule has 0 saturated carbocycles. The van der Waals surface area contributed by atoms with Crippen LogP contribution in [0.4, 0.5) is 11.9 Å². The van der Waals surface area contributed by atoms with Crippen LogP contribution >= 0.6 is 23.4 Å². The minimum atomic E-state index is 0.306. The predicted octanol–water partition coefficient (Wildman–Crippen LogP) is 1.68. The lowest BCUT2D eigenvalue weighted by atomic mass is 10.4. The van der Waals surface area contributed by atoms with Gasteiger partial charge >= 0.3 is 0 Å². The van der Waals surface area contributed by atoms with Crippen molar-refractivity contribution in [2.24, 2.45) is 0 Å². The van der Waals surface area contributed by atoms with Gasteiger partial charge in [0.2, 0.25) is 17.2 Å². The highest BCUT2D eigenvalue weighted by atomic mass is 35.5. The average Bonchev–Trinajstić information content (AvgIpc) is 2.93. The number of anilines is 2. The summed E-state index contributed by atoms with van der Waals surface area (Å²) >= 11 is 8.00. The molecular formula is C11H16ClN5S. The van der Waals surface area contributed by atoms with Crippen molar-refractivity contribution in [1.82, 2.24) is 15.0 Å². The summed E-state index contributed by atoms with van der Waals surface area (Å²) in [5.74, 6) is 3.72. The molecule has 98 valence electrons. The zero-order valence-electron chi connectivity index (χ0n) is 10.2. The fraction of sp³-hybridized carbons (Fsp3) is 0.727. The van der Waals surface area contributed by atoms with Gasteiger partial charge in [0.05, 0.1) is 0 Å². The average molecular weight is 286 g/mol. The van der Waals surface area contributed by atoms with Gasteiger partial charge in [-0.1, -0.05) is 0 Å². The Labute approximate surface area is 116 Å². The van der Waals surface area contributed by atoms with Crippen LogP contribution < -0.4 is 9.80 Å². The molecule has 2 aliphatic heterocycles. The zero-order valence-corrected chi connectivity index (χ0v) is 11.8. The van der Waals surface area contributed by atoms with Crippen molar-refractivity contribution in [3.05, 3.63) is 5.28 Å². The van der Waals surface area contributed by atoms with Crippen LogP contribution in [-0.4, -0.2) is 52.6 Å². The predicted molar refractivity (Wildman–Crippen MR) is 75.8 cm³/mol. The highest BCUT2D eigenvalue weighted by Gasteiger charge is 2.20. The third-order valence-corrected chi connectivity index (χ3v) is 4.38. The van der Waals surface area contributed by atoms with E-state index >= 15 is 0 Å². The first kappa shape index (κ1) is 12.3. The smallest absolute Gasteiger partial charge is 0.231 e. The van der Waals surface area contributed by atoms with Crippen LogP contribution in [0.5, 0.6) is 0 Å². The number of hydrogen-bond donors (Lipinski definition) is 0. The Morgan fingerprint density at radius 1 is 0.833 bits per heavy atom. The van der Waals surface area contributed by atoms with Crippen LogP contribution in [-0.2, 0) is 0 Å². The Morgan fingerprint density at radius 3 is 2.00 bits per heavy atom. The van der Waals surface area contributed by atoms with E-state index in [-0.39, 0.29) is 0 Å². The van der Waals surface area contributed by atoms with Crippen molar-refractivity contribution in [3.8, 4) is 0 Å². The third-order valence-electron chi connectivity index (χ3n) is 3.27. The maximum atomic E-state index is 6.03. The van der Waals surface area contributed by atoms with Gasteiger partial charge in [-0.05, 0) is 24.4 Å². The molecular weight excluding hydrogens is 270 g/mol. The van der Waals surface area contributed by atoms with Crippen molar-refractivity contribution in [3.63, 3.8) is 0 Å². The summed E-state index contributed by atoms with van der Waals surface area (Å²) in [6.45, 7) is 4.03. The van der Waals surface area contributed by atoms with Crippen LogP contribution in [0.1, 0.15) is 12.8 Å². The first-order valence-electron chi connectivity index (χ1n) is 6.32. The number of halogens is 1. The molecule has 3 rings (SSSR count). The van der Waals surface area contributed by atoms with Crippen LogP contribution in [0.2, 0.25) is 5.28 Å². The molecule has 2 fully saturated rings. The normalized spacial score (nSPS) is 20.5. The molecule has 1 aromatic heterocycles. The largest absolute Gasteiger partial charge is 0.341 e. The number of rotatable bonds is 2. The maximum absolute atomic E-state index is 6.03. The SMILES string of the molecule is Clc1nc(N2CCCC2)nc(N2CCSCC2)n1. The summed E-state index contributed by atoms with van der Waals surface area (Å²) in [6, 6.07) is 0. The summed E-state index contributed by atoms with van der Waals surface area (Å²) in [4.78, 5) is 17.5. The van der Waals surface area contributed by atoms with Gasteiger partial charge < -0.3 is 9.80 Å². The molecule has 2 aliphatic rings. The van der Waals surface area contributed by atoms with Crippen LogP contribution in [0.15, 0.2) is 0 Å². The Kier molecular flexibility index (Phi) is 3.75. The number of hydrogen-bond acceptors (Lipinski definition) is 6. The van der Waals surface area contributed by atoms with Gasteiger partial charge in [-0.3, -0.25) is 0 Å². The Hall–Kier alpha value is -0.750. The van der Waals surface area contributed by atoms with Crippen molar-refractivity contribution in [2.75, 3.05) is 47.5 Å². The highest BCUT2D eigenvalue weighted by molar-refractivity contribution is 7.99. The van der Waals surface area contributed by atoms with E-state index in [1.54, 1.807) is 0 Å². The van der Waals surface area contributed by atoms with E-state index < -0.39 is 0 Å². The molecule has 0 N–H and O–H groups in total. The van der Waals surface area contributed by atoms with Gasteiger partial charge in [0, 0.05) is 37.7 Å². The zero-order chi connectivity index (χ0) is 12.4. The second kappa shape index (κ2) is 5.48. The molecule has 18 heavy (non-hydrogen) atoms. The number of nitrogens with zero attached hydrogens (tertiary/aromatic N) is 5. The molecule has 0 aliphatic carbocycles. The van der Waals surface area contributed by atoms with Crippen LogP contribution in [0, 0.1) is 0 Å². The van der Waals surface area contributed by atoms with Gasteiger partial charge in [-0.25, -0.2) is 0 Å². The molecule has 5 nitrogen and oxygen atoms in total. The summed E-state index contributed by atoms with van der Waals surface area (Å²) in [5.41, 5.74) is 0. The van der Waals surface area contributed by atoms with Crippen LogP contribution in [0.25, 0.3) is 0 Å². The topological polar surface area (TPSA) is 45.2 Å². The molecule has 2 saturated heterocycles. The first-order valence-corrected chi connectivity index (χ1v) is 7.85. The summed E-state index contributed by atoms with van der Waals surface area (Å²) in [7, 11) is 0. The molecule has 0 spiro atoms. The molecule has 3 heterocycles. The van der Waals surface area contributed by atoms with Gasteiger partial charge in [0.15, 0.2) is 0 Å². The molecule has 0 bridgehead atoms. The van der Waals surface area contributed by atoms with E-state index in [1.165, 1.54) is 12.8 Å². The molecule has 1 aromatic rings. The van der Waals surface area contributed by atoms with Crippen molar-refractivity contribution in [2.45, 2.75) is 12.8 Å². The maximum Gasteiger partial charge on any atom is 0.231 e. The van der Waals surface area contributed by atoms with Crippen molar-refractivity contribution >= 4 is 35.3 Å². The van der Waals surface area contributed by atoms with E-state index in [1.807, 2.05) is 11.8 Å². The van der Waals surface area contributed by atoms with Gasteiger partial charge in [-0.15, -0.1) is 0 Å². The van der Waals surface area contributed by atoms with Gasteiger partial charge in [-0.2, -0.15) is 26.7 Å². The van der Waals surface area contributed by atoms with E-state index in [4.69, 9.17) is 11.6 Å². The molecule has 0 aromatic carbocycles. The molecule has 0 amide bonds. The second-order valence-corrected chi connectivity index (χ2v) is 6.06. The number of thioether (sulfide) groups is 1. The highest BCUT2D eigenvalue weighted by Crippen LogP contribution is 2.22. The first-order chi connectivity index (χ1) is 8.83. The van der Waals surface area contributed by atoms with E-state index in [0.29, 0.717) is 5.28 Å². The van der Waals surface area contributed by atoms with E-state index in [2.05, 4.69) is 24.8 Å². The summed E-state index contributed by atoms with van der Waals surface area (Å²) < 4.78 is 0. The lowest BCUT2D eigenvalue weighted by Gasteiger charge is -2.27. The third kappa shape index (κ3) is 2.64. The second-order valence-electron chi connectivity index (χ2n) is 4.50. The summed E-state index contributed by atoms with van der Waals surface area (Å²) in [5, 5.41) is 0.306. The van der Waals surface area contributed by atoms with Gasteiger partial charge in [0.25, 0.3) is 0 Å². The Morgan fingerprint density at radius 2 is 1.39 bits per heavy atom. The fourth-order valence-electron chi connectivity index (χ4n) is 2.29. The lowest BCUT2D eigenvalue weighted by molar-refractivity contribution is 0.792. The molecule has 0 unspecified atom stereocenters. The molecule has 0 radical (unpaired) electrons. The molecule has 7 heteroatoms. The minimum absolute atomic E-state index is 0.306. The van der Waals surface area contributed by atoms with E-state index in [9.17, 15) is 0 Å². The van der Waals surface area contributed by atoms with E-state index in [0.717, 1.165) is 49.6 Å². The number of aromatic nitrogens is 3. The van der Waals surface area contributed by atoms with Crippen LogP contribution in [0.3, 0.4) is 0 Å². The molecule has 0 atom stereocenters. The standard InChI is InChI=1S/C11H16ClN5S/c12-9-13-10(16-3-1-2-4-16)15-11(14-9)17-5-7-18-8-6-17/h1-8H2. The fourth-order valence-corrected chi connectivity index (χ4v) is 3.35. The lowest BCUT2D eigenvalue weighted by Crippen LogP contribution is -2.34. The van der Waals surface area contributed by atoms with Crippen molar-refractivity contribution in [1.29, 1.82) is 0 Å². The quantitative estimate of drug-likeness (QED) is 0.824. The monoisotopic (exact) mass is 285 g/mol. The Balaban J connectivity index is 1.84. The van der Waals surface area contributed by atoms with Gasteiger partial charge in [0.1, 0.15) is 0 Å². The van der Waals surface area contributed by atoms with Crippen molar-refractivity contribution < 1.29 is 0 Å².